The normalized spacial score (nSPS) is 11.6. The summed E-state index contributed by atoms with van der Waals surface area (Å²) in [5.41, 5.74) is 2.83. The summed E-state index contributed by atoms with van der Waals surface area (Å²) in [6, 6.07) is 14.7. The number of amides is 1. The van der Waals surface area contributed by atoms with Crippen molar-refractivity contribution < 1.29 is 13.2 Å². The van der Waals surface area contributed by atoms with Gasteiger partial charge in [0.25, 0.3) is 0 Å². The number of hydrogen-bond acceptors (Lipinski definition) is 4. The molecule has 30 heavy (non-hydrogen) atoms. The number of fused-ring (bicyclic) bond motifs is 1. The summed E-state index contributed by atoms with van der Waals surface area (Å²) in [6.07, 6.45) is 5.42. The number of nitrogens with zero attached hydrogens (tertiary/aromatic N) is 2. The van der Waals surface area contributed by atoms with Gasteiger partial charge in [-0.05, 0) is 43.8 Å². The second kappa shape index (κ2) is 8.95. The Balaban J connectivity index is 1.82. The summed E-state index contributed by atoms with van der Waals surface area (Å²) in [4.78, 5) is 12.5. The summed E-state index contributed by atoms with van der Waals surface area (Å²) in [5, 5.41) is 12.5. The number of aryl methyl sites for hydroxylation is 2. The minimum Gasteiger partial charge on any atom is -0.346 e. The van der Waals surface area contributed by atoms with Gasteiger partial charge in [-0.25, -0.2) is 13.1 Å². The van der Waals surface area contributed by atoms with Crippen molar-refractivity contribution in [2.45, 2.75) is 24.8 Å². The number of aromatic nitrogens is 1. The summed E-state index contributed by atoms with van der Waals surface area (Å²) in [7, 11) is -2.27. The van der Waals surface area contributed by atoms with Crippen molar-refractivity contribution in [2.24, 2.45) is 0 Å². The number of rotatable bonds is 7. The molecule has 0 aliphatic rings. The summed E-state index contributed by atoms with van der Waals surface area (Å²) >= 11 is 0. The van der Waals surface area contributed by atoms with Crippen LogP contribution in [0.15, 0.2) is 59.6 Å². The van der Waals surface area contributed by atoms with Gasteiger partial charge in [0.15, 0.2) is 0 Å². The van der Waals surface area contributed by atoms with Crippen molar-refractivity contribution in [3.05, 3.63) is 65.9 Å². The van der Waals surface area contributed by atoms with Crippen LogP contribution >= 0.6 is 0 Å². The molecule has 0 bridgehead atoms. The SMILES string of the molecule is CNS(=O)(=O)c1cc(NC(=O)/C=C/c2cn(CCC#N)c3ccccc23)ccc1C. The number of hydrogen-bond donors (Lipinski definition) is 2. The lowest BCUT2D eigenvalue weighted by Gasteiger charge is -2.09. The molecule has 0 saturated carbocycles. The molecular weight excluding hydrogens is 400 g/mol. The van der Waals surface area contributed by atoms with E-state index < -0.39 is 10.0 Å². The lowest BCUT2D eigenvalue weighted by Crippen LogP contribution is -2.20. The number of anilines is 1. The first-order valence-corrected chi connectivity index (χ1v) is 10.8. The number of para-hydroxylation sites is 1. The Labute approximate surface area is 175 Å². The van der Waals surface area contributed by atoms with Gasteiger partial charge in [0.05, 0.1) is 17.4 Å². The molecule has 8 heteroatoms. The van der Waals surface area contributed by atoms with E-state index >= 15 is 0 Å². The minimum absolute atomic E-state index is 0.118. The highest BCUT2D eigenvalue weighted by Crippen LogP contribution is 2.23. The van der Waals surface area contributed by atoms with E-state index in [4.69, 9.17) is 5.26 Å². The minimum atomic E-state index is -3.62. The quantitative estimate of drug-likeness (QED) is 0.569. The molecule has 2 aromatic carbocycles. The van der Waals surface area contributed by atoms with Crippen LogP contribution in [0.5, 0.6) is 0 Å². The Hall–Kier alpha value is -3.41. The van der Waals surface area contributed by atoms with Crippen molar-refractivity contribution in [1.82, 2.24) is 9.29 Å². The average molecular weight is 423 g/mol. The maximum atomic E-state index is 12.4. The van der Waals surface area contributed by atoms with E-state index in [-0.39, 0.29) is 10.8 Å². The number of nitrogens with one attached hydrogen (secondary N) is 2. The standard InChI is InChI=1S/C22H22N4O3S/c1-16-8-10-18(14-21(16)30(28,29)24-2)25-22(27)11-9-17-15-26(13-5-12-23)20-7-4-3-6-19(17)20/h3-4,6-11,14-15,24H,5,13H2,1-2H3,(H,25,27)/b11-9+. The number of nitriles is 1. The van der Waals surface area contributed by atoms with Crippen LogP contribution in [-0.2, 0) is 21.4 Å². The highest BCUT2D eigenvalue weighted by atomic mass is 32.2. The molecule has 0 radical (unpaired) electrons. The zero-order valence-corrected chi connectivity index (χ0v) is 17.5. The molecule has 3 aromatic rings. The number of sulfonamides is 1. The number of benzene rings is 2. The van der Waals surface area contributed by atoms with Gasteiger partial charge in [0, 0.05) is 41.0 Å². The third-order valence-corrected chi connectivity index (χ3v) is 6.27. The Morgan fingerprint density at radius 3 is 2.73 bits per heavy atom. The highest BCUT2D eigenvalue weighted by molar-refractivity contribution is 7.89. The zero-order chi connectivity index (χ0) is 21.7. The third kappa shape index (κ3) is 4.59. The van der Waals surface area contributed by atoms with Crippen LogP contribution in [0.4, 0.5) is 5.69 Å². The van der Waals surface area contributed by atoms with Crippen molar-refractivity contribution in [3.63, 3.8) is 0 Å². The lowest BCUT2D eigenvalue weighted by molar-refractivity contribution is -0.111. The van der Waals surface area contributed by atoms with Gasteiger partial charge in [0.1, 0.15) is 0 Å². The van der Waals surface area contributed by atoms with Crippen LogP contribution in [0, 0.1) is 18.3 Å². The van der Waals surface area contributed by atoms with Crippen molar-refractivity contribution in [1.29, 1.82) is 5.26 Å². The summed E-state index contributed by atoms with van der Waals surface area (Å²) in [5.74, 6) is -0.375. The third-order valence-electron chi connectivity index (χ3n) is 4.71. The first-order chi connectivity index (χ1) is 14.4. The van der Waals surface area contributed by atoms with E-state index in [9.17, 15) is 13.2 Å². The van der Waals surface area contributed by atoms with E-state index in [1.165, 1.54) is 19.2 Å². The number of carbonyl (C=O) groups is 1. The van der Waals surface area contributed by atoms with Gasteiger partial charge in [-0.15, -0.1) is 0 Å². The van der Waals surface area contributed by atoms with Crippen LogP contribution in [0.1, 0.15) is 17.5 Å². The molecule has 2 N–H and O–H groups in total. The fourth-order valence-electron chi connectivity index (χ4n) is 3.19. The van der Waals surface area contributed by atoms with Gasteiger partial charge in [0.2, 0.25) is 15.9 Å². The molecule has 0 fully saturated rings. The fourth-order valence-corrected chi connectivity index (χ4v) is 4.18. The average Bonchev–Trinajstić information content (AvgIpc) is 3.10. The molecule has 3 rings (SSSR count). The first kappa shape index (κ1) is 21.3. The van der Waals surface area contributed by atoms with E-state index in [1.54, 1.807) is 25.1 Å². The Kier molecular flexibility index (Phi) is 6.35. The highest BCUT2D eigenvalue weighted by Gasteiger charge is 2.15. The van der Waals surface area contributed by atoms with Crippen LogP contribution in [0.2, 0.25) is 0 Å². The van der Waals surface area contributed by atoms with Gasteiger partial charge < -0.3 is 9.88 Å². The Morgan fingerprint density at radius 2 is 2.00 bits per heavy atom. The second-order valence-electron chi connectivity index (χ2n) is 6.71. The molecule has 0 aliphatic carbocycles. The Bertz CT molecular complexity index is 1270. The van der Waals surface area contributed by atoms with Crippen molar-refractivity contribution in [3.8, 4) is 6.07 Å². The van der Waals surface area contributed by atoms with Gasteiger partial charge in [-0.1, -0.05) is 24.3 Å². The predicted octanol–water partition coefficient (Wildman–Crippen LogP) is 3.42. The number of carbonyl (C=O) groups excluding carboxylic acids is 1. The van der Waals surface area contributed by atoms with E-state index in [1.807, 2.05) is 35.0 Å². The first-order valence-electron chi connectivity index (χ1n) is 9.34. The molecular formula is C22H22N4O3S. The van der Waals surface area contributed by atoms with Crippen molar-refractivity contribution in [2.75, 3.05) is 12.4 Å². The predicted molar refractivity (Wildman–Crippen MR) is 117 cm³/mol. The molecule has 0 spiro atoms. The van der Waals surface area contributed by atoms with Crippen LogP contribution in [0.25, 0.3) is 17.0 Å². The summed E-state index contributed by atoms with van der Waals surface area (Å²) < 4.78 is 28.5. The van der Waals surface area contributed by atoms with Crippen LogP contribution in [0.3, 0.4) is 0 Å². The van der Waals surface area contributed by atoms with Gasteiger partial charge >= 0.3 is 0 Å². The molecule has 0 saturated heterocycles. The molecule has 1 aromatic heterocycles. The molecule has 1 amide bonds. The molecule has 0 atom stereocenters. The molecule has 154 valence electrons. The molecule has 0 aliphatic heterocycles. The van der Waals surface area contributed by atoms with Gasteiger partial charge in [-0.3, -0.25) is 4.79 Å². The fraction of sp³-hybridized carbons (Fsp3) is 0.182. The largest absolute Gasteiger partial charge is 0.346 e. The molecule has 7 nitrogen and oxygen atoms in total. The maximum absolute atomic E-state index is 12.4. The van der Waals surface area contributed by atoms with E-state index in [0.717, 1.165) is 16.5 Å². The van der Waals surface area contributed by atoms with Crippen molar-refractivity contribution >= 4 is 38.6 Å². The monoisotopic (exact) mass is 422 g/mol. The maximum Gasteiger partial charge on any atom is 0.248 e. The van der Waals surface area contributed by atoms with Crippen LogP contribution in [-0.4, -0.2) is 25.9 Å². The smallest absolute Gasteiger partial charge is 0.248 e. The molecule has 1 heterocycles. The van der Waals surface area contributed by atoms with Gasteiger partial charge in [-0.2, -0.15) is 5.26 Å². The summed E-state index contributed by atoms with van der Waals surface area (Å²) in [6.45, 7) is 2.26. The second-order valence-corrected chi connectivity index (χ2v) is 8.57. The van der Waals surface area contributed by atoms with E-state index in [2.05, 4.69) is 16.1 Å². The lowest BCUT2D eigenvalue weighted by atomic mass is 10.1. The molecule has 0 unspecified atom stereocenters. The van der Waals surface area contributed by atoms with E-state index in [0.29, 0.717) is 24.2 Å². The van der Waals surface area contributed by atoms with Crippen LogP contribution < -0.4 is 10.0 Å². The zero-order valence-electron chi connectivity index (χ0n) is 16.7. The topological polar surface area (TPSA) is 104 Å². The Morgan fingerprint density at radius 1 is 1.23 bits per heavy atom.